The molecule has 0 saturated heterocycles. The normalized spacial score (nSPS) is 13.9. The minimum Gasteiger partial charge on any atom is -0.407 e. The summed E-state index contributed by atoms with van der Waals surface area (Å²) < 4.78 is 13.3. The first-order chi connectivity index (χ1) is 16.4. The topological polar surface area (TPSA) is 38.7 Å². The monoisotopic (exact) mass is 474 g/mol. The number of ether oxygens (including phenoxy) is 1. The van der Waals surface area contributed by atoms with Crippen LogP contribution in [0.5, 0.6) is 0 Å². The van der Waals surface area contributed by atoms with E-state index in [2.05, 4.69) is 100 Å². The summed E-state index contributed by atoms with van der Waals surface area (Å²) in [6.07, 6.45) is 2.03. The van der Waals surface area contributed by atoms with Crippen LogP contribution in [-0.4, -0.2) is 32.2 Å². The van der Waals surface area contributed by atoms with Gasteiger partial charge < -0.3 is 14.3 Å². The molecule has 0 amide bonds. The van der Waals surface area contributed by atoms with Crippen LogP contribution in [0.1, 0.15) is 39.2 Å². The quantitative estimate of drug-likeness (QED) is 0.279. The van der Waals surface area contributed by atoms with Crippen molar-refractivity contribution in [3.05, 3.63) is 109 Å². The highest BCUT2D eigenvalue weighted by atomic mass is 28.4. The van der Waals surface area contributed by atoms with Crippen molar-refractivity contribution in [3.63, 3.8) is 0 Å². The van der Waals surface area contributed by atoms with Gasteiger partial charge in [0.05, 0.1) is 18.8 Å². The number of hydrogen-bond acceptors (Lipinski definition) is 3. The van der Waals surface area contributed by atoms with Gasteiger partial charge in [-0.05, 0) is 27.4 Å². The molecular weight excluding hydrogens is 436 g/mol. The summed E-state index contributed by atoms with van der Waals surface area (Å²) in [6, 6.07) is 31.5. The molecule has 0 aliphatic carbocycles. The molecule has 0 aromatic heterocycles. The molecule has 0 bridgehead atoms. The fourth-order valence-corrected chi connectivity index (χ4v) is 9.11. The average Bonchev–Trinajstić information content (AvgIpc) is 2.86. The van der Waals surface area contributed by atoms with E-state index in [-0.39, 0.29) is 11.1 Å². The van der Waals surface area contributed by atoms with Gasteiger partial charge in [0.25, 0.3) is 8.32 Å². The van der Waals surface area contributed by atoms with Gasteiger partial charge in [-0.15, -0.1) is 6.58 Å². The molecule has 0 radical (unpaired) electrons. The van der Waals surface area contributed by atoms with E-state index < -0.39 is 14.4 Å². The lowest BCUT2D eigenvalue weighted by molar-refractivity contribution is 0.000839. The third-order valence-corrected chi connectivity index (χ3v) is 11.3. The first-order valence-electron chi connectivity index (χ1n) is 12.1. The van der Waals surface area contributed by atoms with Gasteiger partial charge in [-0.1, -0.05) is 118 Å². The highest BCUT2D eigenvalue weighted by Gasteiger charge is 2.50. The Balaban J connectivity index is 1.83. The third-order valence-electron chi connectivity index (χ3n) is 6.28. The fourth-order valence-electron chi connectivity index (χ4n) is 4.53. The molecule has 0 spiro atoms. The molecule has 180 valence electrons. The maximum atomic E-state index is 10.2. The lowest BCUT2D eigenvalue weighted by atomic mass is 10.1. The predicted octanol–water partition coefficient (Wildman–Crippen LogP) is 5.48. The van der Waals surface area contributed by atoms with Crippen LogP contribution in [0, 0.1) is 0 Å². The van der Waals surface area contributed by atoms with E-state index in [1.54, 1.807) is 6.08 Å². The minimum absolute atomic E-state index is 0.0727. The Labute approximate surface area is 206 Å². The Morgan fingerprint density at radius 2 is 1.35 bits per heavy atom. The number of aliphatic hydroxyl groups is 1. The van der Waals surface area contributed by atoms with E-state index in [1.165, 1.54) is 10.4 Å². The standard InChI is InChI=1S/C30H38O3Si/c1-5-26(31)23-27(32-24-25-15-9-6-10-16-25)21-22-33-34(30(2,3)4,28-17-11-7-12-18-28)29-19-13-8-14-20-29/h5-20,26-27,31H,1,21-24H2,2-4H3/t26-,27+/m1/s1. The second-order valence-corrected chi connectivity index (χ2v) is 14.1. The number of hydrogen-bond donors (Lipinski definition) is 1. The zero-order chi connectivity index (χ0) is 24.4. The Morgan fingerprint density at radius 1 is 0.853 bits per heavy atom. The van der Waals surface area contributed by atoms with Crippen molar-refractivity contribution in [1.82, 2.24) is 0 Å². The minimum atomic E-state index is -2.59. The van der Waals surface area contributed by atoms with Gasteiger partial charge >= 0.3 is 0 Å². The van der Waals surface area contributed by atoms with Gasteiger partial charge in [0, 0.05) is 13.0 Å². The number of rotatable bonds is 12. The van der Waals surface area contributed by atoms with Crippen LogP contribution in [0.4, 0.5) is 0 Å². The van der Waals surface area contributed by atoms with Crippen molar-refractivity contribution in [3.8, 4) is 0 Å². The summed E-state index contributed by atoms with van der Waals surface area (Å²) >= 11 is 0. The average molecular weight is 475 g/mol. The molecule has 0 aliphatic rings. The highest BCUT2D eigenvalue weighted by molar-refractivity contribution is 6.99. The second kappa shape index (κ2) is 12.3. The maximum Gasteiger partial charge on any atom is 0.261 e. The molecule has 3 aromatic rings. The van der Waals surface area contributed by atoms with Crippen LogP contribution in [0.25, 0.3) is 0 Å². The van der Waals surface area contributed by atoms with Crippen molar-refractivity contribution in [1.29, 1.82) is 0 Å². The first-order valence-corrected chi connectivity index (χ1v) is 14.0. The second-order valence-electron chi connectivity index (χ2n) is 9.76. The Kier molecular flexibility index (Phi) is 9.42. The van der Waals surface area contributed by atoms with Crippen molar-refractivity contribution in [2.75, 3.05) is 6.61 Å². The van der Waals surface area contributed by atoms with E-state index >= 15 is 0 Å². The van der Waals surface area contributed by atoms with Gasteiger partial charge in [0.15, 0.2) is 0 Å². The predicted molar refractivity (Wildman–Crippen MR) is 144 cm³/mol. The molecule has 0 aliphatic heterocycles. The van der Waals surface area contributed by atoms with Crippen molar-refractivity contribution in [2.24, 2.45) is 0 Å². The van der Waals surface area contributed by atoms with Crippen molar-refractivity contribution in [2.45, 2.75) is 57.5 Å². The largest absolute Gasteiger partial charge is 0.407 e. The van der Waals surface area contributed by atoms with Gasteiger partial charge in [-0.25, -0.2) is 0 Å². The van der Waals surface area contributed by atoms with Crippen LogP contribution in [-0.2, 0) is 15.8 Å². The lowest BCUT2D eigenvalue weighted by Crippen LogP contribution is -2.66. The third kappa shape index (κ3) is 6.54. The summed E-state index contributed by atoms with van der Waals surface area (Å²) in [7, 11) is -2.59. The molecule has 4 heteroatoms. The molecule has 34 heavy (non-hydrogen) atoms. The van der Waals surface area contributed by atoms with Crippen LogP contribution < -0.4 is 10.4 Å². The lowest BCUT2D eigenvalue weighted by Gasteiger charge is -2.43. The van der Waals surface area contributed by atoms with Crippen LogP contribution in [0.3, 0.4) is 0 Å². The Bertz CT molecular complexity index is 944. The van der Waals surface area contributed by atoms with E-state index in [1.807, 2.05) is 18.2 Å². The Hall–Kier alpha value is -2.50. The van der Waals surface area contributed by atoms with E-state index in [9.17, 15) is 5.11 Å². The maximum absolute atomic E-state index is 10.2. The summed E-state index contributed by atoms with van der Waals surface area (Å²) in [5, 5.41) is 12.7. The molecule has 0 saturated carbocycles. The SMILES string of the molecule is C=C[C@@H](O)C[C@H](CCO[Si](c1ccccc1)(c1ccccc1)C(C)(C)C)OCc1ccccc1. The zero-order valence-corrected chi connectivity index (χ0v) is 21.7. The fraction of sp³-hybridized carbons (Fsp3) is 0.333. The van der Waals surface area contributed by atoms with Crippen molar-refractivity contribution >= 4 is 18.7 Å². The molecule has 3 nitrogen and oxygen atoms in total. The molecule has 2 atom stereocenters. The number of aliphatic hydroxyl groups excluding tert-OH is 1. The van der Waals surface area contributed by atoms with Gasteiger partial charge in [0.2, 0.25) is 0 Å². The van der Waals surface area contributed by atoms with E-state index in [0.29, 0.717) is 26.1 Å². The molecule has 3 rings (SSSR count). The summed E-state index contributed by atoms with van der Waals surface area (Å²) in [4.78, 5) is 0. The molecule has 0 fully saturated rings. The molecular formula is C30H38O3Si. The number of benzene rings is 3. The van der Waals surface area contributed by atoms with E-state index in [0.717, 1.165) is 5.56 Å². The smallest absolute Gasteiger partial charge is 0.261 e. The molecule has 3 aromatic carbocycles. The van der Waals surface area contributed by atoms with Crippen LogP contribution >= 0.6 is 0 Å². The first kappa shape index (κ1) is 26.1. The zero-order valence-electron chi connectivity index (χ0n) is 20.7. The van der Waals surface area contributed by atoms with Gasteiger partial charge in [0.1, 0.15) is 0 Å². The molecule has 1 N–H and O–H groups in total. The van der Waals surface area contributed by atoms with Crippen molar-refractivity contribution < 1.29 is 14.3 Å². The summed E-state index contributed by atoms with van der Waals surface area (Å²) in [5.41, 5.74) is 1.12. The van der Waals surface area contributed by atoms with Gasteiger partial charge in [-0.3, -0.25) is 0 Å². The summed E-state index contributed by atoms with van der Waals surface area (Å²) in [5.74, 6) is 0. The Morgan fingerprint density at radius 3 is 1.82 bits per heavy atom. The molecule has 0 heterocycles. The van der Waals surface area contributed by atoms with E-state index in [4.69, 9.17) is 9.16 Å². The summed E-state index contributed by atoms with van der Waals surface area (Å²) in [6.45, 7) is 11.6. The highest BCUT2D eigenvalue weighted by Crippen LogP contribution is 2.37. The van der Waals surface area contributed by atoms with Crippen LogP contribution in [0.15, 0.2) is 104 Å². The van der Waals surface area contributed by atoms with Crippen LogP contribution in [0.2, 0.25) is 5.04 Å². The molecule has 0 unspecified atom stereocenters. The van der Waals surface area contributed by atoms with Gasteiger partial charge in [-0.2, -0.15) is 0 Å².